The van der Waals surface area contributed by atoms with Crippen molar-refractivity contribution in [3.63, 3.8) is 0 Å². The molecule has 18 heavy (non-hydrogen) atoms. The van der Waals surface area contributed by atoms with Crippen molar-refractivity contribution in [1.82, 2.24) is 9.97 Å². The van der Waals surface area contributed by atoms with Gasteiger partial charge in [-0.2, -0.15) is 0 Å². The summed E-state index contributed by atoms with van der Waals surface area (Å²) < 4.78 is 0. The fourth-order valence-electron chi connectivity index (χ4n) is 1.95. The van der Waals surface area contributed by atoms with E-state index in [1.807, 2.05) is 49.6 Å². The molecule has 0 spiro atoms. The molecule has 3 nitrogen and oxygen atoms in total. The monoisotopic (exact) mass is 235 g/mol. The molecule has 0 radical (unpaired) electrons. The first-order chi connectivity index (χ1) is 8.86. The zero-order chi connectivity index (χ0) is 12.4. The third kappa shape index (κ3) is 1.91. The largest absolute Gasteiger partial charge is 0.373 e. The molecule has 0 fully saturated rings. The van der Waals surface area contributed by atoms with Crippen LogP contribution >= 0.6 is 0 Å². The quantitative estimate of drug-likeness (QED) is 0.740. The van der Waals surface area contributed by atoms with Crippen molar-refractivity contribution in [2.75, 3.05) is 12.4 Å². The summed E-state index contributed by atoms with van der Waals surface area (Å²) in [4.78, 5) is 8.97. The number of hydrogen-bond donors (Lipinski definition) is 1. The number of hydrogen-bond acceptors (Lipinski definition) is 3. The molecule has 0 unspecified atom stereocenters. The number of anilines is 1. The van der Waals surface area contributed by atoms with Crippen molar-refractivity contribution in [2.24, 2.45) is 0 Å². The average Bonchev–Trinajstić information content (AvgIpc) is 2.47. The van der Waals surface area contributed by atoms with Crippen LogP contribution < -0.4 is 5.32 Å². The van der Waals surface area contributed by atoms with E-state index >= 15 is 0 Å². The summed E-state index contributed by atoms with van der Waals surface area (Å²) >= 11 is 0. The van der Waals surface area contributed by atoms with Crippen LogP contribution in [-0.4, -0.2) is 17.0 Å². The van der Waals surface area contributed by atoms with Gasteiger partial charge in [-0.3, -0.25) is 4.98 Å². The Morgan fingerprint density at radius 2 is 1.89 bits per heavy atom. The second-order valence-corrected chi connectivity index (χ2v) is 4.07. The third-order valence-corrected chi connectivity index (χ3v) is 2.89. The lowest BCUT2D eigenvalue weighted by Crippen LogP contribution is -1.93. The van der Waals surface area contributed by atoms with Gasteiger partial charge in [0.15, 0.2) is 0 Å². The Hall–Kier alpha value is -2.42. The molecule has 88 valence electrons. The summed E-state index contributed by atoms with van der Waals surface area (Å²) in [5.41, 5.74) is 2.97. The highest BCUT2D eigenvalue weighted by Crippen LogP contribution is 2.21. The number of para-hydroxylation sites is 1. The standard InChI is InChI=1S/C15H13N3/c1-16-15-8-4-7-14(18-15)12-9-11-5-2-3-6-13(11)17-10-12/h2-10H,1H3,(H,16,18). The summed E-state index contributed by atoms with van der Waals surface area (Å²) in [5, 5.41) is 4.17. The van der Waals surface area contributed by atoms with Crippen molar-refractivity contribution in [3.05, 3.63) is 54.7 Å². The van der Waals surface area contributed by atoms with Gasteiger partial charge in [-0.1, -0.05) is 24.3 Å². The fourth-order valence-corrected chi connectivity index (χ4v) is 1.95. The predicted octanol–water partition coefficient (Wildman–Crippen LogP) is 3.34. The van der Waals surface area contributed by atoms with Gasteiger partial charge in [0.25, 0.3) is 0 Å². The molecule has 1 N–H and O–H groups in total. The summed E-state index contributed by atoms with van der Waals surface area (Å²) in [6.45, 7) is 0. The lowest BCUT2D eigenvalue weighted by molar-refractivity contribution is 1.28. The van der Waals surface area contributed by atoms with E-state index in [1.54, 1.807) is 0 Å². The molecule has 0 saturated heterocycles. The van der Waals surface area contributed by atoms with Gasteiger partial charge < -0.3 is 5.32 Å². The number of nitrogens with one attached hydrogen (secondary N) is 1. The second-order valence-electron chi connectivity index (χ2n) is 4.07. The third-order valence-electron chi connectivity index (χ3n) is 2.89. The lowest BCUT2D eigenvalue weighted by Gasteiger charge is -2.05. The van der Waals surface area contributed by atoms with Crippen LogP contribution in [0, 0.1) is 0 Å². The molecule has 0 saturated carbocycles. The smallest absolute Gasteiger partial charge is 0.126 e. The molecular weight excluding hydrogens is 222 g/mol. The van der Waals surface area contributed by atoms with Crippen LogP contribution in [0.2, 0.25) is 0 Å². The number of rotatable bonds is 2. The molecule has 0 aliphatic heterocycles. The van der Waals surface area contributed by atoms with Crippen LogP contribution in [0.15, 0.2) is 54.7 Å². The van der Waals surface area contributed by atoms with Crippen LogP contribution in [0.4, 0.5) is 5.82 Å². The van der Waals surface area contributed by atoms with E-state index in [2.05, 4.69) is 27.4 Å². The molecule has 2 aromatic heterocycles. The Balaban J connectivity index is 2.13. The molecule has 0 aliphatic rings. The number of benzene rings is 1. The minimum Gasteiger partial charge on any atom is -0.373 e. The highest BCUT2D eigenvalue weighted by atomic mass is 15.0. The Kier molecular flexibility index (Phi) is 2.65. The highest BCUT2D eigenvalue weighted by Gasteiger charge is 2.02. The second kappa shape index (κ2) is 4.45. The maximum absolute atomic E-state index is 4.52. The molecule has 0 aliphatic carbocycles. The minimum absolute atomic E-state index is 0.862. The van der Waals surface area contributed by atoms with Gasteiger partial charge in [0.1, 0.15) is 5.82 Å². The van der Waals surface area contributed by atoms with Crippen molar-refractivity contribution in [2.45, 2.75) is 0 Å². The number of nitrogens with zero attached hydrogens (tertiary/aromatic N) is 2. The molecule has 3 rings (SSSR count). The summed E-state index contributed by atoms with van der Waals surface area (Å²) in [5.74, 6) is 0.862. The van der Waals surface area contributed by atoms with Crippen molar-refractivity contribution in [3.8, 4) is 11.3 Å². The first-order valence-electron chi connectivity index (χ1n) is 5.87. The molecule has 1 aromatic carbocycles. The topological polar surface area (TPSA) is 37.8 Å². The molecule has 0 bridgehead atoms. The summed E-state index contributed by atoms with van der Waals surface area (Å²) in [6, 6.07) is 16.1. The molecule has 0 atom stereocenters. The Morgan fingerprint density at radius 1 is 1.00 bits per heavy atom. The van der Waals surface area contributed by atoms with Crippen LogP contribution in [-0.2, 0) is 0 Å². The maximum Gasteiger partial charge on any atom is 0.126 e. The van der Waals surface area contributed by atoms with Crippen LogP contribution in [0.3, 0.4) is 0 Å². The lowest BCUT2D eigenvalue weighted by atomic mass is 10.1. The van der Waals surface area contributed by atoms with E-state index in [-0.39, 0.29) is 0 Å². The first-order valence-corrected chi connectivity index (χ1v) is 5.87. The van der Waals surface area contributed by atoms with Crippen molar-refractivity contribution >= 4 is 16.7 Å². The van der Waals surface area contributed by atoms with Crippen molar-refractivity contribution in [1.29, 1.82) is 0 Å². The molecular formula is C15H13N3. The van der Waals surface area contributed by atoms with Gasteiger partial charge in [-0.05, 0) is 24.3 Å². The minimum atomic E-state index is 0.862. The Morgan fingerprint density at radius 3 is 2.78 bits per heavy atom. The average molecular weight is 235 g/mol. The van der Waals surface area contributed by atoms with Gasteiger partial charge in [-0.15, -0.1) is 0 Å². The van der Waals surface area contributed by atoms with Crippen molar-refractivity contribution < 1.29 is 0 Å². The number of aromatic nitrogens is 2. The van der Waals surface area contributed by atoms with E-state index < -0.39 is 0 Å². The number of fused-ring (bicyclic) bond motifs is 1. The van der Waals surface area contributed by atoms with Gasteiger partial charge >= 0.3 is 0 Å². The molecule has 3 heteroatoms. The van der Waals surface area contributed by atoms with E-state index in [4.69, 9.17) is 0 Å². The fraction of sp³-hybridized carbons (Fsp3) is 0.0667. The van der Waals surface area contributed by atoms with Gasteiger partial charge in [0.2, 0.25) is 0 Å². The Labute approximate surface area is 106 Å². The number of pyridine rings is 2. The zero-order valence-corrected chi connectivity index (χ0v) is 10.1. The maximum atomic E-state index is 4.52. The van der Waals surface area contributed by atoms with Gasteiger partial charge in [0.05, 0.1) is 11.2 Å². The van der Waals surface area contributed by atoms with Crippen LogP contribution in [0.25, 0.3) is 22.2 Å². The van der Waals surface area contributed by atoms with E-state index in [0.717, 1.165) is 28.0 Å². The summed E-state index contributed by atoms with van der Waals surface area (Å²) in [7, 11) is 1.87. The van der Waals surface area contributed by atoms with Gasteiger partial charge in [-0.25, -0.2) is 4.98 Å². The zero-order valence-electron chi connectivity index (χ0n) is 10.1. The SMILES string of the molecule is CNc1cccc(-c2cnc3ccccc3c2)n1. The van der Waals surface area contributed by atoms with E-state index in [1.165, 1.54) is 0 Å². The molecule has 3 aromatic rings. The first kappa shape index (κ1) is 10.7. The highest BCUT2D eigenvalue weighted by molar-refractivity contribution is 5.82. The van der Waals surface area contributed by atoms with Gasteiger partial charge in [0, 0.05) is 24.2 Å². The summed E-state index contributed by atoms with van der Waals surface area (Å²) in [6.07, 6.45) is 1.87. The predicted molar refractivity (Wildman–Crippen MR) is 74.5 cm³/mol. The normalized spacial score (nSPS) is 10.5. The molecule has 0 amide bonds. The van der Waals surface area contributed by atoms with E-state index in [9.17, 15) is 0 Å². The Bertz CT molecular complexity index is 692. The van der Waals surface area contributed by atoms with Crippen LogP contribution in [0.1, 0.15) is 0 Å². The molecule has 2 heterocycles. The van der Waals surface area contributed by atoms with Crippen LogP contribution in [0.5, 0.6) is 0 Å². The van der Waals surface area contributed by atoms with E-state index in [0.29, 0.717) is 0 Å².